The number of nitrogens with one attached hydrogen (secondary N) is 2. The maximum Gasteiger partial charge on any atom is 0.0931 e. The minimum absolute atomic E-state index is 0.353. The summed E-state index contributed by atoms with van der Waals surface area (Å²) in [6, 6.07) is 12.6. The van der Waals surface area contributed by atoms with Crippen molar-refractivity contribution in [2.24, 2.45) is 0 Å². The Bertz CT molecular complexity index is 845. The molecular formula is C18H17BrClN3. The molecule has 0 bridgehead atoms. The van der Waals surface area contributed by atoms with Crippen LogP contribution in [0.4, 0.5) is 0 Å². The van der Waals surface area contributed by atoms with Crippen LogP contribution in [0, 0.1) is 0 Å². The highest BCUT2D eigenvalue weighted by molar-refractivity contribution is 9.10. The average molecular weight is 391 g/mol. The third-order valence-electron chi connectivity index (χ3n) is 4.72. The first-order chi connectivity index (χ1) is 11.2. The van der Waals surface area contributed by atoms with E-state index in [2.05, 4.69) is 61.5 Å². The van der Waals surface area contributed by atoms with Crippen molar-refractivity contribution >= 4 is 38.6 Å². The van der Waals surface area contributed by atoms with E-state index in [1.807, 2.05) is 6.07 Å². The van der Waals surface area contributed by atoms with Gasteiger partial charge in [-0.05, 0) is 48.2 Å². The molecule has 1 aliphatic heterocycles. The van der Waals surface area contributed by atoms with E-state index >= 15 is 0 Å². The second-order valence-corrected chi connectivity index (χ2v) is 7.34. The molecule has 0 radical (unpaired) electrons. The van der Waals surface area contributed by atoms with Crippen LogP contribution >= 0.6 is 27.5 Å². The summed E-state index contributed by atoms with van der Waals surface area (Å²) in [6.07, 6.45) is 2.86. The van der Waals surface area contributed by atoms with Crippen molar-refractivity contribution in [3.8, 4) is 0 Å². The first-order valence-corrected chi connectivity index (χ1v) is 8.99. The van der Waals surface area contributed by atoms with Gasteiger partial charge in [0, 0.05) is 22.0 Å². The van der Waals surface area contributed by atoms with Gasteiger partial charge in [0.1, 0.15) is 0 Å². The molecule has 1 saturated heterocycles. The summed E-state index contributed by atoms with van der Waals surface area (Å²) < 4.78 is 1.01. The van der Waals surface area contributed by atoms with Crippen LogP contribution in [0.2, 0.25) is 5.02 Å². The summed E-state index contributed by atoms with van der Waals surface area (Å²) >= 11 is 10.0. The summed E-state index contributed by atoms with van der Waals surface area (Å²) in [5.41, 5.74) is 4.70. The molecule has 1 fully saturated rings. The molecule has 2 heterocycles. The predicted octanol–water partition coefficient (Wildman–Crippen LogP) is 4.84. The Morgan fingerprint density at radius 2 is 2.04 bits per heavy atom. The van der Waals surface area contributed by atoms with Gasteiger partial charge in [-0.15, -0.1) is 0 Å². The fourth-order valence-corrected chi connectivity index (χ4v) is 4.46. The fraction of sp³-hybridized carbons (Fsp3) is 0.278. The third-order valence-corrected chi connectivity index (χ3v) is 5.55. The average Bonchev–Trinajstić information content (AvgIpc) is 3.04. The minimum Gasteiger partial charge on any atom is -0.345 e. The van der Waals surface area contributed by atoms with Crippen LogP contribution in [0.3, 0.4) is 0 Å². The first kappa shape index (κ1) is 15.2. The van der Waals surface area contributed by atoms with Crippen LogP contribution in [0.15, 0.2) is 47.2 Å². The molecule has 5 heteroatoms. The monoisotopic (exact) mass is 389 g/mol. The van der Waals surface area contributed by atoms with Crippen molar-refractivity contribution < 1.29 is 0 Å². The fourth-order valence-electron chi connectivity index (χ4n) is 3.65. The largest absolute Gasteiger partial charge is 0.345 e. The Labute approximate surface area is 148 Å². The van der Waals surface area contributed by atoms with E-state index in [1.165, 1.54) is 11.1 Å². The van der Waals surface area contributed by atoms with E-state index in [0.717, 1.165) is 40.0 Å². The number of piperidine rings is 1. The van der Waals surface area contributed by atoms with Gasteiger partial charge in [-0.2, -0.15) is 0 Å². The summed E-state index contributed by atoms with van der Waals surface area (Å²) in [4.78, 5) is 7.76. The van der Waals surface area contributed by atoms with Crippen molar-refractivity contribution in [1.29, 1.82) is 0 Å². The Hall–Kier alpha value is -1.36. The lowest BCUT2D eigenvalue weighted by atomic mass is 9.77. The molecule has 1 aliphatic rings. The van der Waals surface area contributed by atoms with Crippen molar-refractivity contribution in [1.82, 2.24) is 15.3 Å². The Morgan fingerprint density at radius 3 is 2.91 bits per heavy atom. The number of fused-ring (bicyclic) bond motifs is 1. The number of hydrogen-bond donors (Lipinski definition) is 2. The van der Waals surface area contributed by atoms with Gasteiger partial charge < -0.3 is 10.3 Å². The molecule has 118 valence electrons. The lowest BCUT2D eigenvalue weighted by molar-refractivity contribution is 0.405. The lowest BCUT2D eigenvalue weighted by Crippen LogP contribution is -2.34. The van der Waals surface area contributed by atoms with Crippen molar-refractivity contribution in [2.75, 3.05) is 13.1 Å². The van der Waals surface area contributed by atoms with Crippen molar-refractivity contribution in [3.05, 3.63) is 63.3 Å². The van der Waals surface area contributed by atoms with Crippen molar-refractivity contribution in [2.45, 2.75) is 18.3 Å². The maximum absolute atomic E-state index is 6.53. The molecule has 4 rings (SSSR count). The van der Waals surface area contributed by atoms with E-state index in [1.54, 1.807) is 6.33 Å². The number of nitrogens with zero attached hydrogens (tertiary/aromatic N) is 1. The van der Waals surface area contributed by atoms with E-state index in [-0.39, 0.29) is 0 Å². The molecule has 1 aromatic heterocycles. The molecule has 0 amide bonds. The quantitative estimate of drug-likeness (QED) is 0.657. The highest BCUT2D eigenvalue weighted by Gasteiger charge is 2.30. The van der Waals surface area contributed by atoms with Crippen LogP contribution in [0.1, 0.15) is 29.4 Å². The van der Waals surface area contributed by atoms with E-state index < -0.39 is 0 Å². The minimum atomic E-state index is 0.353. The standard InChI is InChI=1S/C18H17BrClN3/c19-11-4-5-13(16(20)8-11)15-9-21-7-6-12(15)14-2-1-3-17-18(14)23-10-22-17/h1-5,8,10,12,15,21H,6-7,9H2,(H,22,23). The molecule has 0 saturated carbocycles. The van der Waals surface area contributed by atoms with Crippen LogP contribution < -0.4 is 5.32 Å². The predicted molar refractivity (Wildman–Crippen MR) is 98.2 cm³/mol. The molecule has 3 aromatic rings. The first-order valence-electron chi connectivity index (χ1n) is 7.81. The second-order valence-electron chi connectivity index (χ2n) is 6.02. The van der Waals surface area contributed by atoms with Gasteiger partial charge >= 0.3 is 0 Å². The smallest absolute Gasteiger partial charge is 0.0931 e. The number of aromatic amines is 1. The molecule has 23 heavy (non-hydrogen) atoms. The van der Waals surface area contributed by atoms with Gasteiger partial charge in [0.05, 0.1) is 17.4 Å². The molecule has 2 unspecified atom stereocenters. The number of para-hydroxylation sites is 1. The number of rotatable bonds is 2. The summed E-state index contributed by atoms with van der Waals surface area (Å²) in [5, 5.41) is 4.34. The highest BCUT2D eigenvalue weighted by Crippen LogP contribution is 2.42. The zero-order valence-corrected chi connectivity index (χ0v) is 14.9. The normalized spacial score (nSPS) is 21.7. The Morgan fingerprint density at radius 1 is 1.13 bits per heavy atom. The molecule has 2 atom stereocenters. The van der Waals surface area contributed by atoms with Gasteiger partial charge in [0.15, 0.2) is 0 Å². The van der Waals surface area contributed by atoms with Gasteiger partial charge in [0.25, 0.3) is 0 Å². The molecular weight excluding hydrogens is 374 g/mol. The maximum atomic E-state index is 6.53. The Kier molecular flexibility index (Phi) is 4.14. The number of benzene rings is 2. The van der Waals surface area contributed by atoms with E-state index in [0.29, 0.717) is 11.8 Å². The van der Waals surface area contributed by atoms with E-state index in [4.69, 9.17) is 11.6 Å². The van der Waals surface area contributed by atoms with Crippen LogP contribution in [-0.2, 0) is 0 Å². The second kappa shape index (κ2) is 6.27. The van der Waals surface area contributed by atoms with E-state index in [9.17, 15) is 0 Å². The molecule has 0 aliphatic carbocycles. The van der Waals surface area contributed by atoms with Crippen LogP contribution in [0.25, 0.3) is 11.0 Å². The zero-order chi connectivity index (χ0) is 15.8. The number of halogens is 2. The summed E-state index contributed by atoms with van der Waals surface area (Å²) in [6.45, 7) is 1.96. The Balaban J connectivity index is 1.80. The third kappa shape index (κ3) is 2.80. The topological polar surface area (TPSA) is 40.7 Å². The SMILES string of the molecule is Clc1cc(Br)ccc1C1CNCCC1c1cccc2[nH]cnc12. The van der Waals surface area contributed by atoms with Crippen LogP contribution in [-0.4, -0.2) is 23.1 Å². The number of aromatic nitrogens is 2. The number of imidazole rings is 1. The summed E-state index contributed by atoms with van der Waals surface area (Å²) in [7, 11) is 0. The van der Waals surface area contributed by atoms with Gasteiger partial charge in [-0.1, -0.05) is 45.7 Å². The number of H-pyrrole nitrogens is 1. The van der Waals surface area contributed by atoms with Crippen LogP contribution in [0.5, 0.6) is 0 Å². The highest BCUT2D eigenvalue weighted by atomic mass is 79.9. The number of hydrogen-bond acceptors (Lipinski definition) is 2. The molecule has 0 spiro atoms. The molecule has 2 aromatic carbocycles. The lowest BCUT2D eigenvalue weighted by Gasteiger charge is -2.33. The van der Waals surface area contributed by atoms with Gasteiger partial charge in [-0.3, -0.25) is 0 Å². The van der Waals surface area contributed by atoms with Gasteiger partial charge in [0.2, 0.25) is 0 Å². The zero-order valence-electron chi connectivity index (χ0n) is 12.5. The molecule has 2 N–H and O–H groups in total. The molecule has 3 nitrogen and oxygen atoms in total. The summed E-state index contributed by atoms with van der Waals surface area (Å²) in [5.74, 6) is 0.772. The van der Waals surface area contributed by atoms with Crippen molar-refractivity contribution in [3.63, 3.8) is 0 Å². The van der Waals surface area contributed by atoms with Gasteiger partial charge in [-0.25, -0.2) is 4.98 Å².